The van der Waals surface area contributed by atoms with E-state index in [1.165, 1.54) is 6.07 Å². The standard InChI is InChI=1S/C11H8Cl2O2/c1-6-2-3-8(13)11-10(6)7(5-12)4-9(14)15-11/h2-4H,5H2,1H3. The Labute approximate surface area is 96.4 Å². The van der Waals surface area contributed by atoms with Crippen LogP contribution in [0.25, 0.3) is 11.0 Å². The van der Waals surface area contributed by atoms with E-state index in [0.29, 0.717) is 10.6 Å². The summed E-state index contributed by atoms with van der Waals surface area (Å²) >= 11 is 11.7. The molecule has 0 unspecified atom stereocenters. The molecular weight excluding hydrogens is 235 g/mol. The van der Waals surface area contributed by atoms with Crippen molar-refractivity contribution in [1.82, 2.24) is 0 Å². The molecule has 4 heteroatoms. The van der Waals surface area contributed by atoms with Crippen LogP contribution >= 0.6 is 23.2 Å². The fourth-order valence-corrected chi connectivity index (χ4v) is 2.01. The van der Waals surface area contributed by atoms with Crippen LogP contribution in [-0.4, -0.2) is 0 Å². The molecule has 0 spiro atoms. The van der Waals surface area contributed by atoms with Crippen LogP contribution in [0.5, 0.6) is 0 Å². The fraction of sp³-hybridized carbons (Fsp3) is 0.182. The molecular formula is C11H8Cl2O2. The first kappa shape index (κ1) is 10.5. The predicted octanol–water partition coefficient (Wildman–Crippen LogP) is 3.49. The lowest BCUT2D eigenvalue weighted by Gasteiger charge is -2.06. The summed E-state index contributed by atoms with van der Waals surface area (Å²) in [4.78, 5) is 11.2. The van der Waals surface area contributed by atoms with Crippen LogP contribution < -0.4 is 5.63 Å². The Morgan fingerprint density at radius 2 is 2.13 bits per heavy atom. The number of fused-ring (bicyclic) bond motifs is 1. The summed E-state index contributed by atoms with van der Waals surface area (Å²) in [6, 6.07) is 4.99. The third kappa shape index (κ3) is 1.75. The Morgan fingerprint density at radius 3 is 2.80 bits per heavy atom. The lowest BCUT2D eigenvalue weighted by molar-refractivity contribution is 0.559. The van der Waals surface area contributed by atoms with E-state index < -0.39 is 5.63 Å². The molecule has 0 aliphatic carbocycles. The van der Waals surface area contributed by atoms with Gasteiger partial charge in [-0.15, -0.1) is 11.6 Å². The molecule has 0 saturated carbocycles. The molecule has 0 fully saturated rings. The minimum absolute atomic E-state index is 0.267. The van der Waals surface area contributed by atoms with Gasteiger partial charge in [0.05, 0.1) is 5.02 Å². The first-order valence-electron chi connectivity index (χ1n) is 4.41. The molecule has 1 aromatic carbocycles. The van der Waals surface area contributed by atoms with Crippen LogP contribution in [0.1, 0.15) is 11.1 Å². The zero-order valence-electron chi connectivity index (χ0n) is 8.01. The predicted molar refractivity (Wildman–Crippen MR) is 61.8 cm³/mol. The van der Waals surface area contributed by atoms with E-state index in [2.05, 4.69) is 0 Å². The van der Waals surface area contributed by atoms with Crippen molar-refractivity contribution in [3.05, 3.63) is 44.8 Å². The zero-order chi connectivity index (χ0) is 11.0. The molecule has 0 radical (unpaired) electrons. The third-order valence-electron chi connectivity index (χ3n) is 2.28. The largest absolute Gasteiger partial charge is 0.421 e. The van der Waals surface area contributed by atoms with Gasteiger partial charge in [0.1, 0.15) is 0 Å². The number of rotatable bonds is 1. The molecule has 15 heavy (non-hydrogen) atoms. The number of halogens is 2. The maximum Gasteiger partial charge on any atom is 0.336 e. The second-order valence-corrected chi connectivity index (χ2v) is 3.97. The fourth-order valence-electron chi connectivity index (χ4n) is 1.60. The van der Waals surface area contributed by atoms with Gasteiger partial charge in [0.25, 0.3) is 0 Å². The highest BCUT2D eigenvalue weighted by atomic mass is 35.5. The SMILES string of the molecule is Cc1ccc(Cl)c2oc(=O)cc(CCl)c12. The smallest absolute Gasteiger partial charge is 0.336 e. The highest BCUT2D eigenvalue weighted by Gasteiger charge is 2.10. The lowest BCUT2D eigenvalue weighted by Crippen LogP contribution is -2.00. The molecule has 2 rings (SSSR count). The average molecular weight is 243 g/mol. The van der Waals surface area contributed by atoms with Crippen molar-refractivity contribution in [3.8, 4) is 0 Å². The van der Waals surface area contributed by atoms with E-state index >= 15 is 0 Å². The minimum atomic E-state index is -0.425. The number of hydrogen-bond donors (Lipinski definition) is 0. The molecule has 1 aromatic heterocycles. The average Bonchev–Trinajstić information content (AvgIpc) is 2.22. The normalized spacial score (nSPS) is 10.9. The molecule has 0 N–H and O–H groups in total. The van der Waals surface area contributed by atoms with Crippen LogP contribution in [0.4, 0.5) is 0 Å². The van der Waals surface area contributed by atoms with Crippen molar-refractivity contribution in [2.45, 2.75) is 12.8 Å². The van der Waals surface area contributed by atoms with E-state index in [1.807, 2.05) is 13.0 Å². The Balaban J connectivity index is 3.01. The van der Waals surface area contributed by atoms with Crippen molar-refractivity contribution in [1.29, 1.82) is 0 Å². The van der Waals surface area contributed by atoms with Gasteiger partial charge in [0, 0.05) is 17.3 Å². The van der Waals surface area contributed by atoms with E-state index in [1.54, 1.807) is 6.07 Å². The van der Waals surface area contributed by atoms with E-state index in [9.17, 15) is 4.79 Å². The van der Waals surface area contributed by atoms with Crippen molar-refractivity contribution in [2.75, 3.05) is 0 Å². The third-order valence-corrected chi connectivity index (χ3v) is 2.86. The molecule has 78 valence electrons. The van der Waals surface area contributed by atoms with Crippen LogP contribution in [-0.2, 0) is 5.88 Å². The van der Waals surface area contributed by atoms with E-state index in [-0.39, 0.29) is 5.88 Å². The summed E-state index contributed by atoms with van der Waals surface area (Å²) in [5.74, 6) is 0.267. The van der Waals surface area contributed by atoms with E-state index in [0.717, 1.165) is 16.5 Å². The lowest BCUT2D eigenvalue weighted by atomic mass is 10.1. The Kier molecular flexibility index (Phi) is 2.72. The number of hydrogen-bond acceptors (Lipinski definition) is 2. The van der Waals surface area contributed by atoms with Crippen molar-refractivity contribution in [2.24, 2.45) is 0 Å². The monoisotopic (exact) mass is 242 g/mol. The van der Waals surface area contributed by atoms with Gasteiger partial charge in [0.2, 0.25) is 0 Å². The van der Waals surface area contributed by atoms with E-state index in [4.69, 9.17) is 27.6 Å². The summed E-state index contributed by atoms with van der Waals surface area (Å²) < 4.78 is 5.07. The second kappa shape index (κ2) is 3.87. The minimum Gasteiger partial charge on any atom is -0.421 e. The number of alkyl halides is 1. The molecule has 2 nitrogen and oxygen atoms in total. The van der Waals surface area contributed by atoms with Gasteiger partial charge in [-0.25, -0.2) is 4.79 Å². The molecule has 2 aromatic rings. The van der Waals surface area contributed by atoms with Crippen LogP contribution in [0.15, 0.2) is 27.4 Å². The van der Waals surface area contributed by atoms with Gasteiger partial charge in [-0.1, -0.05) is 17.7 Å². The molecule has 0 bridgehead atoms. The number of aryl methyl sites for hydroxylation is 1. The topological polar surface area (TPSA) is 30.2 Å². The van der Waals surface area contributed by atoms with Gasteiger partial charge in [-0.2, -0.15) is 0 Å². The van der Waals surface area contributed by atoms with Crippen LogP contribution in [0.2, 0.25) is 5.02 Å². The maximum absolute atomic E-state index is 11.2. The van der Waals surface area contributed by atoms with Crippen molar-refractivity contribution >= 4 is 34.2 Å². The van der Waals surface area contributed by atoms with Crippen molar-refractivity contribution in [3.63, 3.8) is 0 Å². The quantitative estimate of drug-likeness (QED) is 0.566. The maximum atomic E-state index is 11.2. The Bertz CT molecular complexity index is 573. The molecule has 0 amide bonds. The highest BCUT2D eigenvalue weighted by Crippen LogP contribution is 2.28. The highest BCUT2D eigenvalue weighted by molar-refractivity contribution is 6.35. The van der Waals surface area contributed by atoms with Gasteiger partial charge in [0.15, 0.2) is 5.58 Å². The second-order valence-electron chi connectivity index (χ2n) is 3.29. The van der Waals surface area contributed by atoms with Gasteiger partial charge >= 0.3 is 5.63 Å². The summed E-state index contributed by atoms with van der Waals surface area (Å²) in [5.41, 5.74) is 1.74. The van der Waals surface area contributed by atoms with Crippen LogP contribution in [0.3, 0.4) is 0 Å². The Hall–Kier alpha value is -0.990. The summed E-state index contributed by atoms with van der Waals surface area (Å²) in [7, 11) is 0. The molecule has 0 saturated heterocycles. The molecule has 0 atom stereocenters. The summed E-state index contributed by atoms with van der Waals surface area (Å²) in [6.07, 6.45) is 0. The Morgan fingerprint density at radius 1 is 1.40 bits per heavy atom. The molecule has 0 aliphatic rings. The molecule has 0 aliphatic heterocycles. The van der Waals surface area contributed by atoms with Gasteiger partial charge < -0.3 is 4.42 Å². The zero-order valence-corrected chi connectivity index (χ0v) is 9.52. The van der Waals surface area contributed by atoms with Gasteiger partial charge in [-0.05, 0) is 24.1 Å². The van der Waals surface area contributed by atoms with Crippen molar-refractivity contribution < 1.29 is 4.42 Å². The molecule has 1 heterocycles. The first-order valence-corrected chi connectivity index (χ1v) is 5.32. The first-order chi connectivity index (χ1) is 7.13. The van der Waals surface area contributed by atoms with Gasteiger partial charge in [-0.3, -0.25) is 0 Å². The number of benzene rings is 1. The summed E-state index contributed by atoms with van der Waals surface area (Å²) in [5, 5.41) is 1.26. The summed E-state index contributed by atoms with van der Waals surface area (Å²) in [6.45, 7) is 1.93. The van der Waals surface area contributed by atoms with Crippen LogP contribution in [0, 0.1) is 6.92 Å².